The first kappa shape index (κ1) is 13.0. The van der Waals surface area contributed by atoms with Crippen LogP contribution in [0.15, 0.2) is 12.3 Å². The van der Waals surface area contributed by atoms with E-state index in [1.807, 2.05) is 17.8 Å². The molecule has 1 unspecified atom stereocenters. The van der Waals surface area contributed by atoms with Crippen molar-refractivity contribution >= 4 is 29.2 Å². The zero-order chi connectivity index (χ0) is 12.3. The van der Waals surface area contributed by atoms with Gasteiger partial charge in [0.25, 0.3) is 0 Å². The van der Waals surface area contributed by atoms with E-state index in [-0.39, 0.29) is 6.04 Å². The van der Waals surface area contributed by atoms with Gasteiger partial charge in [0.1, 0.15) is 5.82 Å². The molecular weight excluding hydrogens is 254 g/mol. The van der Waals surface area contributed by atoms with Gasteiger partial charge in [0.05, 0.1) is 5.02 Å². The second-order valence-corrected chi connectivity index (χ2v) is 6.24. The summed E-state index contributed by atoms with van der Waals surface area (Å²) in [5.41, 5.74) is 12.8. The first-order valence-corrected chi connectivity index (χ1v) is 7.37. The van der Waals surface area contributed by atoms with Crippen molar-refractivity contribution in [2.24, 2.45) is 5.73 Å². The first-order chi connectivity index (χ1) is 8.16. The molecule has 0 spiro atoms. The number of anilines is 1. The number of nitrogen functional groups attached to an aromatic ring is 1. The molecule has 0 saturated heterocycles. The molecule has 1 saturated carbocycles. The summed E-state index contributed by atoms with van der Waals surface area (Å²) < 4.78 is 0. The third kappa shape index (κ3) is 3.50. The van der Waals surface area contributed by atoms with Crippen molar-refractivity contribution in [3.05, 3.63) is 22.8 Å². The molecule has 0 bridgehead atoms. The van der Waals surface area contributed by atoms with E-state index in [1.165, 1.54) is 25.7 Å². The number of nitrogens with two attached hydrogens (primary N) is 2. The fourth-order valence-corrected chi connectivity index (χ4v) is 3.64. The van der Waals surface area contributed by atoms with Gasteiger partial charge in [-0.05, 0) is 18.9 Å². The van der Waals surface area contributed by atoms with Crippen molar-refractivity contribution in [1.29, 1.82) is 0 Å². The van der Waals surface area contributed by atoms with Gasteiger partial charge in [-0.3, -0.25) is 0 Å². The molecule has 94 valence electrons. The molecule has 1 aliphatic carbocycles. The van der Waals surface area contributed by atoms with Crippen molar-refractivity contribution in [3.63, 3.8) is 0 Å². The van der Waals surface area contributed by atoms with Gasteiger partial charge >= 0.3 is 0 Å². The standard InChI is InChI=1S/C12H18ClN3S/c13-8-5-10(12(15)16-6-8)11(14)7-17-9-3-1-2-4-9/h5-6,9,11H,1-4,7,14H2,(H2,15,16). The zero-order valence-corrected chi connectivity index (χ0v) is 11.3. The molecule has 5 heteroatoms. The molecule has 1 fully saturated rings. The Morgan fingerprint density at radius 3 is 2.88 bits per heavy atom. The highest BCUT2D eigenvalue weighted by molar-refractivity contribution is 7.99. The molecule has 0 radical (unpaired) electrons. The normalized spacial score (nSPS) is 18.5. The Kier molecular flexibility index (Phi) is 4.54. The second kappa shape index (κ2) is 5.94. The average molecular weight is 272 g/mol. The second-order valence-electron chi connectivity index (χ2n) is 4.47. The lowest BCUT2D eigenvalue weighted by atomic mass is 10.1. The fourth-order valence-electron chi connectivity index (χ4n) is 2.15. The van der Waals surface area contributed by atoms with Crippen LogP contribution in [0.3, 0.4) is 0 Å². The number of thioether (sulfide) groups is 1. The molecule has 1 aliphatic rings. The summed E-state index contributed by atoms with van der Waals surface area (Å²) in [7, 11) is 0. The Morgan fingerprint density at radius 1 is 1.47 bits per heavy atom. The fraction of sp³-hybridized carbons (Fsp3) is 0.583. The van der Waals surface area contributed by atoms with Crippen LogP contribution in [0.5, 0.6) is 0 Å². The van der Waals surface area contributed by atoms with Crippen molar-refractivity contribution < 1.29 is 0 Å². The third-order valence-corrected chi connectivity index (χ3v) is 4.83. The Balaban J connectivity index is 1.93. The van der Waals surface area contributed by atoms with Gasteiger partial charge in [-0.25, -0.2) is 4.98 Å². The van der Waals surface area contributed by atoms with Crippen LogP contribution in [0.1, 0.15) is 37.3 Å². The number of pyridine rings is 1. The topological polar surface area (TPSA) is 64.9 Å². The van der Waals surface area contributed by atoms with E-state index in [4.69, 9.17) is 23.1 Å². The summed E-state index contributed by atoms with van der Waals surface area (Å²) in [6.45, 7) is 0. The molecule has 17 heavy (non-hydrogen) atoms. The monoisotopic (exact) mass is 271 g/mol. The number of aromatic nitrogens is 1. The van der Waals surface area contributed by atoms with E-state index >= 15 is 0 Å². The van der Waals surface area contributed by atoms with E-state index < -0.39 is 0 Å². The highest BCUT2D eigenvalue weighted by atomic mass is 35.5. The van der Waals surface area contributed by atoms with Gasteiger partial charge in [0.2, 0.25) is 0 Å². The number of hydrogen-bond donors (Lipinski definition) is 2. The number of rotatable bonds is 4. The van der Waals surface area contributed by atoms with Gasteiger partial charge in [0, 0.05) is 28.8 Å². The minimum absolute atomic E-state index is 0.0770. The predicted molar refractivity (Wildman–Crippen MR) is 75.3 cm³/mol. The predicted octanol–water partition coefficient (Wildman–Crippen LogP) is 2.99. The van der Waals surface area contributed by atoms with Crippen molar-refractivity contribution in [1.82, 2.24) is 4.98 Å². The Morgan fingerprint density at radius 2 is 2.18 bits per heavy atom. The van der Waals surface area contributed by atoms with Gasteiger partial charge in [0.15, 0.2) is 0 Å². The van der Waals surface area contributed by atoms with Crippen LogP contribution >= 0.6 is 23.4 Å². The SMILES string of the molecule is Nc1ncc(Cl)cc1C(N)CSC1CCCC1. The van der Waals surface area contributed by atoms with Crippen LogP contribution in [0.25, 0.3) is 0 Å². The number of hydrogen-bond acceptors (Lipinski definition) is 4. The smallest absolute Gasteiger partial charge is 0.128 e. The lowest BCUT2D eigenvalue weighted by Crippen LogP contribution is -2.17. The summed E-state index contributed by atoms with van der Waals surface area (Å²) in [4.78, 5) is 4.04. The van der Waals surface area contributed by atoms with Gasteiger partial charge in [-0.15, -0.1) is 0 Å². The largest absolute Gasteiger partial charge is 0.383 e. The highest BCUT2D eigenvalue weighted by Gasteiger charge is 2.18. The maximum atomic E-state index is 6.14. The number of halogens is 1. The third-order valence-electron chi connectivity index (χ3n) is 3.13. The lowest BCUT2D eigenvalue weighted by Gasteiger charge is -2.16. The van der Waals surface area contributed by atoms with E-state index in [2.05, 4.69) is 4.98 Å². The summed E-state index contributed by atoms with van der Waals surface area (Å²) in [5, 5.41) is 1.37. The summed E-state index contributed by atoms with van der Waals surface area (Å²) in [6, 6.07) is 1.75. The Hall–Kier alpha value is -0.450. The molecular formula is C12H18ClN3S. The van der Waals surface area contributed by atoms with E-state index in [9.17, 15) is 0 Å². The maximum Gasteiger partial charge on any atom is 0.128 e. The molecule has 2 rings (SSSR count). The van der Waals surface area contributed by atoms with Crippen molar-refractivity contribution in [3.8, 4) is 0 Å². The Labute approximate surface area is 111 Å². The van der Waals surface area contributed by atoms with Gasteiger partial charge in [-0.1, -0.05) is 24.4 Å². The van der Waals surface area contributed by atoms with Gasteiger partial charge < -0.3 is 11.5 Å². The molecule has 1 heterocycles. The summed E-state index contributed by atoms with van der Waals surface area (Å²) in [5.74, 6) is 1.38. The van der Waals surface area contributed by atoms with Crippen LogP contribution in [-0.4, -0.2) is 16.0 Å². The molecule has 4 N–H and O–H groups in total. The van der Waals surface area contributed by atoms with Crippen molar-refractivity contribution in [2.75, 3.05) is 11.5 Å². The summed E-state index contributed by atoms with van der Waals surface area (Å²) in [6.07, 6.45) is 6.90. The lowest BCUT2D eigenvalue weighted by molar-refractivity contribution is 0.818. The average Bonchev–Trinajstić information content (AvgIpc) is 2.82. The molecule has 3 nitrogen and oxygen atoms in total. The van der Waals surface area contributed by atoms with Crippen LogP contribution in [-0.2, 0) is 0 Å². The van der Waals surface area contributed by atoms with Crippen LogP contribution in [0.2, 0.25) is 5.02 Å². The minimum atomic E-state index is -0.0770. The van der Waals surface area contributed by atoms with Crippen LogP contribution in [0.4, 0.5) is 5.82 Å². The molecule has 0 aliphatic heterocycles. The number of nitrogens with zero attached hydrogens (tertiary/aromatic N) is 1. The quantitative estimate of drug-likeness (QED) is 0.884. The first-order valence-electron chi connectivity index (χ1n) is 5.95. The molecule has 0 aromatic carbocycles. The summed E-state index contributed by atoms with van der Waals surface area (Å²) >= 11 is 7.86. The van der Waals surface area contributed by atoms with E-state index in [1.54, 1.807) is 6.20 Å². The highest BCUT2D eigenvalue weighted by Crippen LogP contribution is 2.32. The van der Waals surface area contributed by atoms with E-state index in [0.29, 0.717) is 10.8 Å². The van der Waals surface area contributed by atoms with Gasteiger partial charge in [-0.2, -0.15) is 11.8 Å². The minimum Gasteiger partial charge on any atom is -0.383 e. The maximum absolute atomic E-state index is 6.14. The molecule has 1 aromatic heterocycles. The zero-order valence-electron chi connectivity index (χ0n) is 9.73. The molecule has 1 aromatic rings. The molecule has 1 atom stereocenters. The Bertz CT molecular complexity index is 380. The van der Waals surface area contributed by atoms with Crippen LogP contribution in [0, 0.1) is 0 Å². The van der Waals surface area contributed by atoms with E-state index in [0.717, 1.165) is 16.6 Å². The van der Waals surface area contributed by atoms with Crippen molar-refractivity contribution in [2.45, 2.75) is 37.0 Å². The van der Waals surface area contributed by atoms with Crippen LogP contribution < -0.4 is 11.5 Å². The molecule has 0 amide bonds.